The fourth-order valence-electron chi connectivity index (χ4n) is 5.30. The van der Waals surface area contributed by atoms with Crippen LogP contribution < -0.4 is 10.1 Å². The SMILES string of the molecule is CCOC(=O)C1=C(C)NC2=C(C(=O)[C@@H](C(=O)OCC)[C@@H](c3ccccc3OC)C2)[C@@H]1c1cccc(Br)c1. The largest absolute Gasteiger partial charge is 0.496 e. The maximum absolute atomic E-state index is 14.3. The van der Waals surface area contributed by atoms with E-state index in [1.54, 1.807) is 27.9 Å². The molecule has 2 aliphatic rings. The second-order valence-corrected chi connectivity index (χ2v) is 9.83. The number of hydrogen-bond donors (Lipinski definition) is 1. The molecule has 0 fully saturated rings. The predicted octanol–water partition coefficient (Wildman–Crippen LogP) is 5.17. The van der Waals surface area contributed by atoms with E-state index < -0.39 is 29.7 Å². The average Bonchev–Trinajstić information content (AvgIpc) is 2.87. The van der Waals surface area contributed by atoms with Gasteiger partial charge in [0.05, 0.1) is 25.9 Å². The summed E-state index contributed by atoms with van der Waals surface area (Å²) in [6.07, 6.45) is 0.364. The van der Waals surface area contributed by atoms with E-state index in [0.717, 1.165) is 15.6 Å². The second kappa shape index (κ2) is 11.3. The van der Waals surface area contributed by atoms with Crippen molar-refractivity contribution >= 4 is 33.7 Å². The maximum Gasteiger partial charge on any atom is 0.336 e. The molecule has 1 N–H and O–H groups in total. The minimum Gasteiger partial charge on any atom is -0.496 e. The molecular formula is C29H30BrNO6. The topological polar surface area (TPSA) is 90.9 Å². The van der Waals surface area contributed by atoms with Gasteiger partial charge in [-0.15, -0.1) is 0 Å². The number of halogens is 1. The van der Waals surface area contributed by atoms with Crippen LogP contribution in [0.2, 0.25) is 0 Å². The maximum atomic E-state index is 14.3. The van der Waals surface area contributed by atoms with Gasteiger partial charge in [-0.3, -0.25) is 9.59 Å². The molecule has 0 unspecified atom stereocenters. The van der Waals surface area contributed by atoms with E-state index in [1.807, 2.05) is 48.5 Å². The molecule has 1 heterocycles. The van der Waals surface area contributed by atoms with Crippen molar-refractivity contribution in [1.82, 2.24) is 5.32 Å². The summed E-state index contributed by atoms with van der Waals surface area (Å²) >= 11 is 3.51. The van der Waals surface area contributed by atoms with Gasteiger partial charge in [-0.1, -0.05) is 46.3 Å². The van der Waals surface area contributed by atoms with Crippen molar-refractivity contribution in [2.24, 2.45) is 5.92 Å². The van der Waals surface area contributed by atoms with Crippen LogP contribution in [-0.2, 0) is 23.9 Å². The molecule has 0 bridgehead atoms. The Morgan fingerprint density at radius 3 is 2.46 bits per heavy atom. The monoisotopic (exact) mass is 567 g/mol. The molecule has 2 aromatic rings. The first-order valence-corrected chi connectivity index (χ1v) is 13.1. The van der Waals surface area contributed by atoms with Crippen LogP contribution in [0.5, 0.6) is 5.75 Å². The average molecular weight is 568 g/mol. The van der Waals surface area contributed by atoms with Gasteiger partial charge in [0, 0.05) is 33.3 Å². The number of para-hydroxylation sites is 1. The van der Waals surface area contributed by atoms with Gasteiger partial charge in [0.2, 0.25) is 0 Å². The van der Waals surface area contributed by atoms with Gasteiger partial charge in [-0.25, -0.2) is 4.79 Å². The first kappa shape index (κ1) is 26.7. The van der Waals surface area contributed by atoms with E-state index in [-0.39, 0.29) is 19.0 Å². The highest BCUT2D eigenvalue weighted by Crippen LogP contribution is 2.49. The number of nitrogens with one attached hydrogen (secondary N) is 1. The molecule has 0 radical (unpaired) electrons. The third-order valence-electron chi connectivity index (χ3n) is 6.78. The van der Waals surface area contributed by atoms with E-state index in [9.17, 15) is 14.4 Å². The number of benzene rings is 2. The number of methoxy groups -OCH3 is 1. The summed E-state index contributed by atoms with van der Waals surface area (Å²) in [5, 5.41) is 3.31. The molecule has 0 saturated carbocycles. The van der Waals surface area contributed by atoms with Crippen LogP contribution in [-0.4, -0.2) is 38.0 Å². The highest BCUT2D eigenvalue weighted by Gasteiger charge is 2.49. The number of rotatable bonds is 7. The number of carbonyl (C=O) groups is 3. The molecule has 0 saturated heterocycles. The quantitative estimate of drug-likeness (QED) is 0.364. The Morgan fingerprint density at radius 2 is 1.78 bits per heavy atom. The van der Waals surface area contributed by atoms with Gasteiger partial charge in [0.1, 0.15) is 11.7 Å². The van der Waals surface area contributed by atoms with Crippen LogP contribution >= 0.6 is 15.9 Å². The smallest absolute Gasteiger partial charge is 0.336 e. The van der Waals surface area contributed by atoms with Crippen molar-refractivity contribution in [3.05, 3.63) is 86.7 Å². The van der Waals surface area contributed by atoms with Crippen molar-refractivity contribution < 1.29 is 28.6 Å². The van der Waals surface area contributed by atoms with E-state index in [4.69, 9.17) is 14.2 Å². The van der Waals surface area contributed by atoms with E-state index in [1.165, 1.54) is 0 Å². The van der Waals surface area contributed by atoms with Crippen molar-refractivity contribution in [2.45, 2.75) is 39.0 Å². The van der Waals surface area contributed by atoms with Crippen molar-refractivity contribution in [3.8, 4) is 5.75 Å². The lowest BCUT2D eigenvalue weighted by Gasteiger charge is -2.39. The minimum atomic E-state index is -1.09. The number of dihydropyridines is 1. The number of allylic oxidation sites excluding steroid dienone is 3. The minimum absolute atomic E-state index is 0.146. The Balaban J connectivity index is 1.92. The number of ketones is 1. The van der Waals surface area contributed by atoms with E-state index >= 15 is 0 Å². The van der Waals surface area contributed by atoms with Crippen LogP contribution in [0, 0.1) is 5.92 Å². The molecule has 194 valence electrons. The van der Waals surface area contributed by atoms with Crippen molar-refractivity contribution in [1.29, 1.82) is 0 Å². The molecule has 4 rings (SSSR count). The second-order valence-electron chi connectivity index (χ2n) is 8.91. The summed E-state index contributed by atoms with van der Waals surface area (Å²) in [5.74, 6) is -3.17. The zero-order valence-corrected chi connectivity index (χ0v) is 22.9. The van der Waals surface area contributed by atoms with E-state index in [2.05, 4.69) is 21.2 Å². The first-order chi connectivity index (χ1) is 17.8. The Hall–Kier alpha value is -3.39. The number of carbonyl (C=O) groups excluding carboxylic acids is 3. The molecule has 3 atom stereocenters. The molecule has 1 aliphatic heterocycles. The first-order valence-electron chi connectivity index (χ1n) is 12.3. The molecule has 8 heteroatoms. The number of esters is 2. The van der Waals surface area contributed by atoms with Gasteiger partial charge >= 0.3 is 11.9 Å². The van der Waals surface area contributed by atoms with E-state index in [0.29, 0.717) is 34.7 Å². The fraction of sp³-hybridized carbons (Fsp3) is 0.345. The summed E-state index contributed by atoms with van der Waals surface area (Å²) < 4.78 is 17.2. The van der Waals surface area contributed by atoms with Crippen LogP contribution in [0.3, 0.4) is 0 Å². The summed E-state index contributed by atoms with van der Waals surface area (Å²) in [7, 11) is 1.56. The van der Waals surface area contributed by atoms with Gasteiger partial charge < -0.3 is 19.5 Å². The van der Waals surface area contributed by atoms with Crippen LogP contribution in [0.15, 0.2) is 75.5 Å². The summed E-state index contributed by atoms with van der Waals surface area (Å²) in [4.78, 5) is 40.8. The predicted molar refractivity (Wildman–Crippen MR) is 142 cm³/mol. The van der Waals surface area contributed by atoms with Gasteiger partial charge in [-0.05, 0) is 56.5 Å². The van der Waals surface area contributed by atoms with Gasteiger partial charge in [0.15, 0.2) is 5.78 Å². The Labute approximate surface area is 225 Å². The molecule has 7 nitrogen and oxygen atoms in total. The highest BCUT2D eigenvalue weighted by molar-refractivity contribution is 9.10. The lowest BCUT2D eigenvalue weighted by molar-refractivity contribution is -0.152. The third-order valence-corrected chi connectivity index (χ3v) is 7.27. The lowest BCUT2D eigenvalue weighted by atomic mass is 9.67. The van der Waals surface area contributed by atoms with Crippen molar-refractivity contribution in [2.75, 3.05) is 20.3 Å². The van der Waals surface area contributed by atoms with Gasteiger partial charge in [0.25, 0.3) is 0 Å². The summed E-state index contributed by atoms with van der Waals surface area (Å²) in [6, 6.07) is 14.9. The molecule has 0 aromatic heterocycles. The Bertz CT molecular complexity index is 1300. The zero-order valence-electron chi connectivity index (χ0n) is 21.3. The number of hydrogen-bond acceptors (Lipinski definition) is 7. The lowest BCUT2D eigenvalue weighted by Crippen LogP contribution is -2.43. The van der Waals surface area contributed by atoms with Crippen LogP contribution in [0.1, 0.15) is 50.2 Å². The number of ether oxygens (including phenoxy) is 3. The van der Waals surface area contributed by atoms with Crippen molar-refractivity contribution in [3.63, 3.8) is 0 Å². The molecule has 2 aromatic carbocycles. The summed E-state index contributed by atoms with van der Waals surface area (Å²) in [5.41, 5.74) is 3.53. The zero-order chi connectivity index (χ0) is 26.7. The molecule has 1 aliphatic carbocycles. The fourth-order valence-corrected chi connectivity index (χ4v) is 5.72. The molecular weight excluding hydrogens is 538 g/mol. The highest BCUT2D eigenvalue weighted by atomic mass is 79.9. The molecule has 37 heavy (non-hydrogen) atoms. The molecule has 0 spiro atoms. The summed E-state index contributed by atoms with van der Waals surface area (Å²) in [6.45, 7) is 5.60. The Morgan fingerprint density at radius 1 is 1.05 bits per heavy atom. The van der Waals surface area contributed by atoms with Gasteiger partial charge in [-0.2, -0.15) is 0 Å². The standard InChI is InChI=1S/C29H30BrNO6/c1-5-36-28(33)23-16(3)31-21-15-20(19-12-7-8-13-22(19)35-4)25(29(34)37-6-2)27(32)26(21)24(23)17-10-9-11-18(30)14-17/h7-14,20,24-25,31H,5-6,15H2,1-4H3/t20-,24-,25+/m1/s1. The Kier molecular flexibility index (Phi) is 8.17. The molecule has 0 amide bonds. The normalized spacial score (nSPS) is 21.2. The third kappa shape index (κ3) is 5.07. The van der Waals surface area contributed by atoms with Crippen LogP contribution in [0.4, 0.5) is 0 Å². The van der Waals surface area contributed by atoms with Crippen LogP contribution in [0.25, 0.3) is 0 Å². The number of Topliss-reactive ketones (excluding diaryl/α,β-unsaturated/α-hetero) is 1.